The van der Waals surface area contributed by atoms with Crippen LogP contribution in [0, 0.1) is 0 Å². The van der Waals surface area contributed by atoms with E-state index in [-0.39, 0.29) is 12.0 Å². The quantitative estimate of drug-likeness (QED) is 0.382. The van der Waals surface area contributed by atoms with Gasteiger partial charge in [0.2, 0.25) is 0 Å². The van der Waals surface area contributed by atoms with Gasteiger partial charge in [-0.2, -0.15) is 0 Å². The lowest BCUT2D eigenvalue weighted by Gasteiger charge is -2.23. The summed E-state index contributed by atoms with van der Waals surface area (Å²) in [7, 11) is 0. The largest absolute Gasteiger partial charge is 0.383 e. The summed E-state index contributed by atoms with van der Waals surface area (Å²) in [5.41, 5.74) is 0.737. The highest BCUT2D eigenvalue weighted by Crippen LogP contribution is 2.24. The molecule has 2 unspecified atom stereocenters. The fraction of sp³-hybridized carbons (Fsp3) is 0.455. The first-order chi connectivity index (χ1) is 14.5. The van der Waals surface area contributed by atoms with Gasteiger partial charge >= 0.3 is 0 Å². The van der Waals surface area contributed by atoms with Crippen LogP contribution < -0.4 is 16.0 Å². The average Bonchev–Trinajstić information content (AvgIpc) is 3.45. The maximum absolute atomic E-state index is 12.2. The van der Waals surface area contributed by atoms with Crippen LogP contribution >= 0.6 is 11.3 Å². The van der Waals surface area contributed by atoms with E-state index in [4.69, 9.17) is 4.74 Å². The molecule has 0 aliphatic carbocycles. The summed E-state index contributed by atoms with van der Waals surface area (Å²) < 4.78 is 5.43. The van der Waals surface area contributed by atoms with Crippen LogP contribution in [0.5, 0.6) is 0 Å². The zero-order chi connectivity index (χ0) is 21.4. The van der Waals surface area contributed by atoms with Gasteiger partial charge in [0, 0.05) is 23.7 Å². The predicted octanol–water partition coefficient (Wildman–Crippen LogP) is 2.83. The predicted molar refractivity (Wildman–Crippen MR) is 121 cm³/mol. The van der Waals surface area contributed by atoms with E-state index in [9.17, 15) is 9.90 Å². The fourth-order valence-corrected chi connectivity index (χ4v) is 3.98. The lowest BCUT2D eigenvalue weighted by molar-refractivity contribution is -0.124. The van der Waals surface area contributed by atoms with Crippen molar-refractivity contribution in [2.24, 2.45) is 4.99 Å². The Kier molecular flexibility index (Phi) is 7.84. The molecule has 162 valence electrons. The Hall–Kier alpha value is -2.42. The molecule has 1 aliphatic rings. The Bertz CT molecular complexity index is 846. The highest BCUT2D eigenvalue weighted by atomic mass is 32.1. The first-order valence-electron chi connectivity index (χ1n) is 10.3. The number of carbonyl (C=O) groups is 1. The van der Waals surface area contributed by atoms with Crippen molar-refractivity contribution in [2.75, 3.05) is 25.0 Å². The number of nitrogens with zero attached hydrogens (tertiary/aromatic N) is 1. The second-order valence-electron chi connectivity index (χ2n) is 7.49. The normalized spacial score (nSPS) is 18.6. The van der Waals surface area contributed by atoms with Crippen LogP contribution in [0.25, 0.3) is 0 Å². The molecule has 0 radical (unpaired) electrons. The Morgan fingerprint density at radius 2 is 2.20 bits per heavy atom. The molecule has 3 rings (SSSR count). The van der Waals surface area contributed by atoms with E-state index in [2.05, 4.69) is 20.9 Å². The van der Waals surface area contributed by atoms with Crippen molar-refractivity contribution in [2.45, 2.75) is 44.9 Å². The molecule has 0 bridgehead atoms. The minimum absolute atomic E-state index is 0.0982. The van der Waals surface area contributed by atoms with Crippen LogP contribution in [-0.2, 0) is 21.7 Å². The summed E-state index contributed by atoms with van der Waals surface area (Å²) in [6.07, 6.45) is 1.34. The zero-order valence-corrected chi connectivity index (χ0v) is 18.3. The van der Waals surface area contributed by atoms with Crippen molar-refractivity contribution < 1.29 is 14.6 Å². The molecule has 2 heterocycles. The van der Waals surface area contributed by atoms with Gasteiger partial charge in [0.15, 0.2) is 5.96 Å². The molecule has 2 aromatic rings. The molecule has 2 atom stereocenters. The van der Waals surface area contributed by atoms with E-state index in [1.165, 1.54) is 11.3 Å². The van der Waals surface area contributed by atoms with Crippen LogP contribution in [0.3, 0.4) is 0 Å². The highest BCUT2D eigenvalue weighted by molar-refractivity contribution is 7.10. The molecule has 1 fully saturated rings. The third kappa shape index (κ3) is 6.29. The average molecular weight is 431 g/mol. The Balaban J connectivity index is 1.59. The topological polar surface area (TPSA) is 95.0 Å². The number of nitrogens with one attached hydrogen (secondary N) is 3. The van der Waals surface area contributed by atoms with Gasteiger partial charge < -0.3 is 25.8 Å². The number of guanidine groups is 1. The summed E-state index contributed by atoms with van der Waals surface area (Å²) in [4.78, 5) is 17.8. The third-order valence-electron chi connectivity index (χ3n) is 4.83. The van der Waals surface area contributed by atoms with Gasteiger partial charge in [0.1, 0.15) is 11.7 Å². The number of ether oxygens (including phenoxy) is 1. The maximum atomic E-state index is 12.2. The maximum Gasteiger partial charge on any atom is 0.253 e. The van der Waals surface area contributed by atoms with Gasteiger partial charge in [0.25, 0.3) is 5.91 Å². The Morgan fingerprint density at radius 1 is 1.33 bits per heavy atom. The summed E-state index contributed by atoms with van der Waals surface area (Å²) in [6, 6.07) is 11.5. The second-order valence-corrected chi connectivity index (χ2v) is 8.44. The first-order valence-corrected chi connectivity index (χ1v) is 11.2. The molecule has 1 aromatic carbocycles. The molecular formula is C22H30N4O3S. The van der Waals surface area contributed by atoms with Crippen molar-refractivity contribution in [3.63, 3.8) is 0 Å². The molecule has 7 nitrogen and oxygen atoms in total. The Labute approximate surface area is 181 Å². The van der Waals surface area contributed by atoms with Crippen molar-refractivity contribution in [3.05, 3.63) is 52.2 Å². The number of hydrogen-bond acceptors (Lipinski definition) is 5. The van der Waals surface area contributed by atoms with Crippen molar-refractivity contribution in [1.82, 2.24) is 10.6 Å². The molecule has 1 saturated heterocycles. The standard InChI is InChI=1S/C22H30N4O3S/c1-3-23-21(25-15-22(2,28)19-10-6-12-30-19)24-14-16-7-4-8-17(13-16)26-20(27)18-9-5-11-29-18/h4,6-8,10,12-13,18,28H,3,5,9,11,14-15H2,1-2H3,(H,26,27)(H2,23,24,25). The monoisotopic (exact) mass is 430 g/mol. The van der Waals surface area contributed by atoms with Gasteiger partial charge in [-0.3, -0.25) is 4.79 Å². The Morgan fingerprint density at radius 3 is 2.90 bits per heavy atom. The molecule has 30 heavy (non-hydrogen) atoms. The van der Waals surface area contributed by atoms with Crippen LogP contribution in [0.1, 0.15) is 37.1 Å². The number of hydrogen-bond donors (Lipinski definition) is 4. The number of aliphatic hydroxyl groups is 1. The van der Waals surface area contributed by atoms with Crippen molar-refractivity contribution in [1.29, 1.82) is 0 Å². The van der Waals surface area contributed by atoms with Crippen molar-refractivity contribution >= 4 is 28.9 Å². The van der Waals surface area contributed by atoms with Crippen LogP contribution in [0.2, 0.25) is 0 Å². The summed E-state index contributed by atoms with van der Waals surface area (Å²) in [5.74, 6) is 0.530. The molecule has 0 saturated carbocycles. The van der Waals surface area contributed by atoms with E-state index in [0.717, 1.165) is 29.0 Å². The second kappa shape index (κ2) is 10.6. The number of rotatable bonds is 8. The van der Waals surface area contributed by atoms with E-state index in [0.29, 0.717) is 32.2 Å². The van der Waals surface area contributed by atoms with E-state index >= 15 is 0 Å². The number of anilines is 1. The smallest absolute Gasteiger partial charge is 0.253 e. The van der Waals surface area contributed by atoms with Crippen LogP contribution in [0.15, 0.2) is 46.8 Å². The lowest BCUT2D eigenvalue weighted by Crippen LogP contribution is -2.44. The van der Waals surface area contributed by atoms with Crippen LogP contribution in [0.4, 0.5) is 5.69 Å². The molecule has 8 heteroatoms. The number of amides is 1. The minimum atomic E-state index is -0.975. The molecule has 4 N–H and O–H groups in total. The molecule has 1 aromatic heterocycles. The molecular weight excluding hydrogens is 400 g/mol. The SMILES string of the molecule is CCNC(=NCc1cccc(NC(=O)C2CCCO2)c1)NCC(C)(O)c1cccs1. The molecule has 1 amide bonds. The fourth-order valence-electron chi connectivity index (χ4n) is 3.19. The van der Waals surface area contributed by atoms with Gasteiger partial charge in [0.05, 0.1) is 13.1 Å². The summed E-state index contributed by atoms with van der Waals surface area (Å²) in [5, 5.41) is 22.0. The molecule has 0 spiro atoms. The van der Waals surface area contributed by atoms with Crippen LogP contribution in [-0.4, -0.2) is 42.8 Å². The van der Waals surface area contributed by atoms with Gasteiger partial charge in [-0.05, 0) is 55.8 Å². The van der Waals surface area contributed by atoms with E-state index in [1.807, 2.05) is 48.7 Å². The number of thiophene rings is 1. The number of carbonyl (C=O) groups excluding carboxylic acids is 1. The van der Waals surface area contributed by atoms with E-state index < -0.39 is 5.60 Å². The number of aliphatic imine (C=N–C) groups is 1. The lowest BCUT2D eigenvalue weighted by atomic mass is 10.1. The number of benzene rings is 1. The summed E-state index contributed by atoms with van der Waals surface area (Å²) >= 11 is 1.53. The molecule has 1 aliphatic heterocycles. The highest BCUT2D eigenvalue weighted by Gasteiger charge is 2.25. The zero-order valence-electron chi connectivity index (χ0n) is 17.5. The van der Waals surface area contributed by atoms with Crippen molar-refractivity contribution in [3.8, 4) is 0 Å². The minimum Gasteiger partial charge on any atom is -0.383 e. The van der Waals surface area contributed by atoms with Gasteiger partial charge in [-0.1, -0.05) is 18.2 Å². The first kappa shape index (κ1) is 22.3. The summed E-state index contributed by atoms with van der Waals surface area (Å²) in [6.45, 7) is 5.93. The van der Waals surface area contributed by atoms with E-state index in [1.54, 1.807) is 6.92 Å². The van der Waals surface area contributed by atoms with Gasteiger partial charge in [-0.15, -0.1) is 11.3 Å². The third-order valence-corrected chi connectivity index (χ3v) is 5.96. The van der Waals surface area contributed by atoms with Gasteiger partial charge in [-0.25, -0.2) is 4.99 Å².